The van der Waals surface area contributed by atoms with E-state index in [0.29, 0.717) is 9.90 Å². The van der Waals surface area contributed by atoms with Crippen molar-refractivity contribution in [3.8, 4) is 0 Å². The Morgan fingerprint density at radius 1 is 1.36 bits per heavy atom. The number of nitrogens with zero attached hydrogens (tertiary/aromatic N) is 3. The zero-order valence-corrected chi connectivity index (χ0v) is 20.2. The number of aliphatic hydroxyl groups is 1. The summed E-state index contributed by atoms with van der Waals surface area (Å²) in [5.41, 5.74) is -2.46. The van der Waals surface area contributed by atoms with Crippen LogP contribution in [0.4, 0.5) is 0 Å². The van der Waals surface area contributed by atoms with Crippen LogP contribution >= 0.6 is 34.9 Å². The molecule has 2 amide bonds. The molecule has 0 aliphatic carbocycles. The summed E-state index contributed by atoms with van der Waals surface area (Å²) in [4.78, 5) is 39.4. The number of hydrogen-bond acceptors (Lipinski definition) is 10. The van der Waals surface area contributed by atoms with Crippen LogP contribution < -0.4 is 5.32 Å². The number of benzene rings is 1. The van der Waals surface area contributed by atoms with Crippen LogP contribution in [0.5, 0.6) is 0 Å². The second-order valence-electron chi connectivity index (χ2n) is 7.80. The number of nitrogens with one attached hydrogen (secondary N) is 1. The van der Waals surface area contributed by atoms with E-state index in [1.54, 1.807) is 30.3 Å². The van der Waals surface area contributed by atoms with E-state index in [-0.39, 0.29) is 18.1 Å². The van der Waals surface area contributed by atoms with Crippen molar-refractivity contribution in [3.05, 3.63) is 40.9 Å². The summed E-state index contributed by atoms with van der Waals surface area (Å²) < 4.78 is 6.12. The van der Waals surface area contributed by atoms with Crippen LogP contribution in [0.1, 0.15) is 16.7 Å². The first kappa shape index (κ1) is 24.0. The molecule has 3 unspecified atom stereocenters. The molecular formula is C20H22N4O6S3. The molecule has 3 heterocycles. The van der Waals surface area contributed by atoms with Gasteiger partial charge < -0.3 is 25.2 Å². The molecule has 2 aromatic rings. The van der Waals surface area contributed by atoms with Crippen molar-refractivity contribution >= 4 is 52.6 Å². The Morgan fingerprint density at radius 2 is 2.09 bits per heavy atom. The van der Waals surface area contributed by atoms with Crippen LogP contribution in [-0.2, 0) is 19.1 Å². The summed E-state index contributed by atoms with van der Waals surface area (Å²) in [6, 6.07) is 8.35. The number of thioether (sulfide) groups is 2. The third-order valence-electron chi connectivity index (χ3n) is 5.63. The molecule has 13 heteroatoms. The van der Waals surface area contributed by atoms with Gasteiger partial charge in [0, 0.05) is 25.2 Å². The number of carboxylic acid groups (broad SMARTS) is 1. The number of amides is 2. The number of carbonyl (C=O) groups is 3. The van der Waals surface area contributed by atoms with E-state index >= 15 is 0 Å². The fourth-order valence-electron chi connectivity index (χ4n) is 3.76. The minimum Gasteiger partial charge on any atom is -0.481 e. The van der Waals surface area contributed by atoms with Gasteiger partial charge in [0.1, 0.15) is 15.8 Å². The molecule has 1 aromatic heterocycles. The number of aliphatic hydroxyl groups excluding tert-OH is 1. The lowest BCUT2D eigenvalue weighted by Gasteiger charge is -2.58. The molecule has 3 N–H and O–H groups in total. The maximum atomic E-state index is 13.1. The number of fused-ring (bicyclic) bond motifs is 1. The highest BCUT2D eigenvalue weighted by Gasteiger charge is 2.67. The summed E-state index contributed by atoms with van der Waals surface area (Å²) in [7, 11) is 1.30. The lowest BCUT2D eigenvalue weighted by atomic mass is 9.88. The van der Waals surface area contributed by atoms with Gasteiger partial charge in [-0.05, 0) is 12.5 Å². The summed E-state index contributed by atoms with van der Waals surface area (Å²) >= 11 is 3.91. The number of methoxy groups -OCH3 is 1. The highest BCUT2D eigenvalue weighted by Crippen LogP contribution is 2.49. The number of hydrogen-bond donors (Lipinski definition) is 3. The van der Waals surface area contributed by atoms with E-state index in [4.69, 9.17) is 4.74 Å². The maximum Gasteiger partial charge on any atom is 0.313 e. The van der Waals surface area contributed by atoms with Gasteiger partial charge >= 0.3 is 5.97 Å². The number of ether oxygens (including phenoxy) is 1. The SMILES string of the molecule is COC1(NC(=O)C(O)c2ccccc2)C(=O)N2CC(CSc3nnc(C)s3)(C(=O)O)CS[C@@H]21. The van der Waals surface area contributed by atoms with Crippen LogP contribution in [0, 0.1) is 12.3 Å². The van der Waals surface area contributed by atoms with Gasteiger partial charge in [-0.2, -0.15) is 0 Å². The summed E-state index contributed by atoms with van der Waals surface area (Å²) in [6.45, 7) is 1.80. The van der Waals surface area contributed by atoms with Crippen molar-refractivity contribution in [2.45, 2.75) is 28.5 Å². The zero-order chi connectivity index (χ0) is 23.8. The Bertz CT molecular complexity index is 1070. The Hall–Kier alpha value is -2.19. The number of aliphatic carboxylic acids is 1. The number of carboxylic acids is 1. The molecule has 4 atom stereocenters. The van der Waals surface area contributed by atoms with Gasteiger partial charge in [0.05, 0.1) is 0 Å². The Kier molecular flexibility index (Phi) is 6.69. The van der Waals surface area contributed by atoms with Crippen molar-refractivity contribution in [2.75, 3.05) is 25.2 Å². The number of β-lactam (4-membered cyclic amide) rings is 1. The van der Waals surface area contributed by atoms with Crippen LogP contribution in [0.25, 0.3) is 0 Å². The molecule has 10 nitrogen and oxygen atoms in total. The molecule has 0 saturated carbocycles. The topological polar surface area (TPSA) is 142 Å². The molecule has 2 saturated heterocycles. The minimum atomic E-state index is -1.66. The third-order valence-corrected chi connectivity index (χ3v) is 9.51. The predicted molar refractivity (Wildman–Crippen MR) is 123 cm³/mol. The largest absolute Gasteiger partial charge is 0.481 e. The molecular weight excluding hydrogens is 488 g/mol. The Labute approximate surface area is 202 Å². The molecule has 0 spiro atoms. The highest BCUT2D eigenvalue weighted by molar-refractivity contribution is 8.01. The lowest BCUT2D eigenvalue weighted by Crippen LogP contribution is -2.83. The van der Waals surface area contributed by atoms with Gasteiger partial charge in [-0.25, -0.2) is 0 Å². The lowest BCUT2D eigenvalue weighted by molar-refractivity contribution is -0.201. The zero-order valence-electron chi connectivity index (χ0n) is 17.8. The quantitative estimate of drug-likeness (QED) is 0.269. The normalized spacial score (nSPS) is 27.4. The van der Waals surface area contributed by atoms with Gasteiger partial charge in [0.25, 0.3) is 17.5 Å². The number of rotatable bonds is 8. The number of carbonyl (C=O) groups excluding carboxylic acids is 2. The van der Waals surface area contributed by atoms with Crippen molar-refractivity contribution in [3.63, 3.8) is 0 Å². The smallest absolute Gasteiger partial charge is 0.313 e. The molecule has 4 rings (SSSR count). The van der Waals surface area contributed by atoms with E-state index in [2.05, 4.69) is 15.5 Å². The monoisotopic (exact) mass is 510 g/mol. The fourth-order valence-corrected chi connectivity index (χ4v) is 7.53. The Morgan fingerprint density at radius 3 is 2.70 bits per heavy atom. The summed E-state index contributed by atoms with van der Waals surface area (Å²) in [5.74, 6) is -1.89. The molecule has 1 aromatic carbocycles. The minimum absolute atomic E-state index is 0.0220. The van der Waals surface area contributed by atoms with E-state index in [1.807, 2.05) is 6.92 Å². The fraction of sp³-hybridized carbons (Fsp3) is 0.450. The molecule has 2 aliphatic heterocycles. The van der Waals surface area contributed by atoms with Crippen LogP contribution in [-0.4, -0.2) is 79.4 Å². The molecule has 33 heavy (non-hydrogen) atoms. The van der Waals surface area contributed by atoms with Gasteiger partial charge in [0.15, 0.2) is 10.4 Å². The van der Waals surface area contributed by atoms with Crippen molar-refractivity contribution in [2.24, 2.45) is 5.41 Å². The van der Waals surface area contributed by atoms with Gasteiger partial charge in [-0.1, -0.05) is 53.4 Å². The molecule has 2 aliphatic rings. The van der Waals surface area contributed by atoms with E-state index in [1.165, 1.54) is 46.9 Å². The average Bonchev–Trinajstić information content (AvgIpc) is 3.25. The highest BCUT2D eigenvalue weighted by atomic mass is 32.2. The predicted octanol–water partition coefficient (Wildman–Crippen LogP) is 1.12. The van der Waals surface area contributed by atoms with E-state index < -0.39 is 40.4 Å². The van der Waals surface area contributed by atoms with Crippen LogP contribution in [0.2, 0.25) is 0 Å². The first-order valence-corrected chi connectivity index (χ1v) is 12.8. The van der Waals surface area contributed by atoms with Crippen molar-refractivity contribution < 1.29 is 29.3 Å². The standard InChI is InChI=1S/C20H22N4O6S3/c1-11-22-23-18(33-11)32-10-19(17(28)29)8-24-15(27)20(30-2,16(24)31-9-19)21-14(26)13(25)12-6-4-3-5-7-12/h3-7,13,16,25H,8-10H2,1-2H3,(H,21,26)(H,28,29)/t13?,16-,19?,20?/m1/s1. The second kappa shape index (κ2) is 9.22. The summed E-state index contributed by atoms with van der Waals surface area (Å²) in [5, 5.41) is 31.1. The van der Waals surface area contributed by atoms with Gasteiger partial charge in [-0.15, -0.1) is 22.0 Å². The van der Waals surface area contributed by atoms with Crippen LogP contribution in [0.3, 0.4) is 0 Å². The second-order valence-corrected chi connectivity index (χ2v) is 11.3. The van der Waals surface area contributed by atoms with Crippen molar-refractivity contribution in [1.29, 1.82) is 0 Å². The molecule has 176 valence electrons. The van der Waals surface area contributed by atoms with Gasteiger partial charge in [-0.3, -0.25) is 14.4 Å². The first-order chi connectivity index (χ1) is 15.7. The van der Waals surface area contributed by atoms with Crippen molar-refractivity contribution in [1.82, 2.24) is 20.4 Å². The first-order valence-electron chi connectivity index (χ1n) is 9.91. The molecule has 0 bridgehead atoms. The number of aromatic nitrogens is 2. The number of aryl methyl sites for hydroxylation is 1. The Balaban J connectivity index is 1.47. The van der Waals surface area contributed by atoms with E-state index in [0.717, 1.165) is 5.01 Å². The third kappa shape index (κ3) is 4.23. The van der Waals surface area contributed by atoms with Crippen LogP contribution in [0.15, 0.2) is 34.7 Å². The average molecular weight is 511 g/mol. The maximum absolute atomic E-state index is 13.1. The molecule has 2 fully saturated rings. The van der Waals surface area contributed by atoms with Gasteiger partial charge in [0.2, 0.25) is 0 Å². The molecule has 0 radical (unpaired) electrons. The summed E-state index contributed by atoms with van der Waals surface area (Å²) in [6.07, 6.45) is -1.47. The van der Waals surface area contributed by atoms with E-state index in [9.17, 15) is 24.6 Å².